The highest BCUT2D eigenvalue weighted by Crippen LogP contribution is 2.41. The predicted molar refractivity (Wildman–Crippen MR) is 135 cm³/mol. The molecule has 0 N–H and O–H groups in total. The Kier molecular flexibility index (Phi) is 5.65. The fourth-order valence-corrected chi connectivity index (χ4v) is 4.74. The van der Waals surface area contributed by atoms with Gasteiger partial charge in [-0.05, 0) is 24.3 Å². The SMILES string of the molecule is COc1ccc2c(c1)c(C1=CC(=O)N(c3cn(CCC#N)c4cc(OC)c(OC)cc34)C1=O)cn2C. The van der Waals surface area contributed by atoms with E-state index >= 15 is 0 Å². The topological polar surface area (TPSA) is 98.7 Å². The van der Waals surface area contributed by atoms with Crippen molar-refractivity contribution in [2.75, 3.05) is 26.2 Å². The van der Waals surface area contributed by atoms with Crippen LogP contribution in [0.2, 0.25) is 0 Å². The first-order valence-electron chi connectivity index (χ1n) is 11.3. The maximum Gasteiger partial charge on any atom is 0.266 e. The second-order valence-corrected chi connectivity index (χ2v) is 8.41. The lowest BCUT2D eigenvalue weighted by Gasteiger charge is -2.14. The van der Waals surface area contributed by atoms with Crippen molar-refractivity contribution < 1.29 is 23.8 Å². The fraction of sp³-hybridized carbons (Fsp3) is 0.222. The first-order chi connectivity index (χ1) is 17.4. The lowest BCUT2D eigenvalue weighted by molar-refractivity contribution is -0.119. The number of imide groups is 1. The number of carbonyl (C=O) groups excluding carboxylic acids is 2. The van der Waals surface area contributed by atoms with Crippen molar-refractivity contribution >= 4 is 44.9 Å². The molecule has 0 atom stereocenters. The first kappa shape index (κ1) is 23.1. The number of rotatable bonds is 7. The van der Waals surface area contributed by atoms with Gasteiger partial charge in [0.25, 0.3) is 11.8 Å². The fourth-order valence-electron chi connectivity index (χ4n) is 4.74. The van der Waals surface area contributed by atoms with Gasteiger partial charge in [-0.25, -0.2) is 4.90 Å². The Morgan fingerprint density at radius 2 is 1.67 bits per heavy atom. The van der Waals surface area contributed by atoms with Crippen LogP contribution in [0.5, 0.6) is 17.2 Å². The van der Waals surface area contributed by atoms with Crippen LogP contribution < -0.4 is 19.1 Å². The summed E-state index contributed by atoms with van der Waals surface area (Å²) in [6, 6.07) is 11.3. The van der Waals surface area contributed by atoms with Crippen molar-refractivity contribution in [3.63, 3.8) is 0 Å². The number of aromatic nitrogens is 2. The minimum atomic E-state index is -0.441. The second kappa shape index (κ2) is 8.82. The number of fused-ring (bicyclic) bond motifs is 2. The third-order valence-electron chi connectivity index (χ3n) is 6.48. The molecular weight excluding hydrogens is 460 g/mol. The van der Waals surface area contributed by atoms with Gasteiger partial charge in [-0.2, -0.15) is 5.26 Å². The monoisotopic (exact) mass is 484 g/mol. The minimum absolute atomic E-state index is 0.265. The third-order valence-corrected chi connectivity index (χ3v) is 6.48. The number of anilines is 1. The molecule has 0 aliphatic carbocycles. The predicted octanol–water partition coefficient (Wildman–Crippen LogP) is 4.03. The van der Waals surface area contributed by atoms with Gasteiger partial charge >= 0.3 is 0 Å². The van der Waals surface area contributed by atoms with Crippen LogP contribution in [0.1, 0.15) is 12.0 Å². The number of carbonyl (C=O) groups is 2. The highest BCUT2D eigenvalue weighted by molar-refractivity contribution is 6.45. The molecule has 2 amide bonds. The average Bonchev–Trinajstić information content (AvgIpc) is 3.51. The summed E-state index contributed by atoms with van der Waals surface area (Å²) in [5, 5.41) is 10.6. The zero-order valence-electron chi connectivity index (χ0n) is 20.4. The van der Waals surface area contributed by atoms with Crippen molar-refractivity contribution in [3.05, 3.63) is 54.4 Å². The summed E-state index contributed by atoms with van der Waals surface area (Å²) in [4.78, 5) is 28.2. The molecule has 0 unspecified atom stereocenters. The van der Waals surface area contributed by atoms with Gasteiger partial charge < -0.3 is 23.3 Å². The molecular formula is C27H24N4O5. The molecule has 1 aliphatic heterocycles. The second-order valence-electron chi connectivity index (χ2n) is 8.41. The first-order valence-corrected chi connectivity index (χ1v) is 11.3. The van der Waals surface area contributed by atoms with Crippen molar-refractivity contribution in [2.24, 2.45) is 7.05 Å². The van der Waals surface area contributed by atoms with Crippen LogP contribution in [0.25, 0.3) is 27.4 Å². The molecule has 0 radical (unpaired) electrons. The number of ether oxygens (including phenoxy) is 3. The van der Waals surface area contributed by atoms with Crippen molar-refractivity contribution in [1.29, 1.82) is 5.26 Å². The number of hydrogen-bond acceptors (Lipinski definition) is 6. The lowest BCUT2D eigenvalue weighted by Crippen LogP contribution is -2.30. The summed E-state index contributed by atoms with van der Waals surface area (Å²) in [6.07, 6.45) is 5.20. The Morgan fingerprint density at radius 3 is 2.36 bits per heavy atom. The number of hydrogen-bond donors (Lipinski definition) is 0. The van der Waals surface area contributed by atoms with Crippen molar-refractivity contribution in [2.45, 2.75) is 13.0 Å². The summed E-state index contributed by atoms with van der Waals surface area (Å²) in [5.74, 6) is 0.771. The summed E-state index contributed by atoms with van der Waals surface area (Å²) < 4.78 is 20.0. The molecule has 3 heterocycles. The van der Waals surface area contributed by atoms with E-state index in [2.05, 4.69) is 6.07 Å². The number of amides is 2. The number of nitrogens with zero attached hydrogens (tertiary/aromatic N) is 4. The Hall–Kier alpha value is -4.71. The summed E-state index contributed by atoms with van der Waals surface area (Å²) in [5.41, 5.74) is 3.01. The Morgan fingerprint density at radius 1 is 0.917 bits per heavy atom. The van der Waals surface area contributed by atoms with E-state index in [0.29, 0.717) is 46.0 Å². The number of nitriles is 1. The van der Waals surface area contributed by atoms with Gasteiger partial charge in [0.1, 0.15) is 5.75 Å². The largest absolute Gasteiger partial charge is 0.497 e. The Bertz CT molecular complexity index is 1620. The van der Waals surface area contributed by atoms with E-state index in [1.165, 1.54) is 25.2 Å². The van der Waals surface area contributed by atoms with E-state index in [-0.39, 0.29) is 6.42 Å². The van der Waals surface area contributed by atoms with Crippen LogP contribution in [0.15, 0.2) is 48.8 Å². The smallest absolute Gasteiger partial charge is 0.266 e. The van der Waals surface area contributed by atoms with Gasteiger partial charge in [-0.15, -0.1) is 0 Å². The minimum Gasteiger partial charge on any atom is -0.497 e. The van der Waals surface area contributed by atoms with Crippen LogP contribution in [-0.2, 0) is 23.2 Å². The van der Waals surface area contributed by atoms with Gasteiger partial charge in [0.15, 0.2) is 11.5 Å². The van der Waals surface area contributed by atoms with Gasteiger partial charge in [0.2, 0.25) is 0 Å². The van der Waals surface area contributed by atoms with Gasteiger partial charge in [-0.3, -0.25) is 9.59 Å². The van der Waals surface area contributed by atoms with Gasteiger partial charge in [-0.1, -0.05) is 0 Å². The molecule has 1 aliphatic rings. The van der Waals surface area contributed by atoms with E-state index in [1.54, 1.807) is 25.4 Å². The molecule has 2 aromatic heterocycles. The zero-order chi connectivity index (χ0) is 25.6. The quantitative estimate of drug-likeness (QED) is 0.367. The molecule has 2 aromatic carbocycles. The molecule has 5 rings (SSSR count). The molecule has 182 valence electrons. The molecule has 4 aromatic rings. The molecule has 0 bridgehead atoms. The van der Waals surface area contributed by atoms with Crippen LogP contribution in [0.3, 0.4) is 0 Å². The maximum absolute atomic E-state index is 13.7. The van der Waals surface area contributed by atoms with E-state index in [1.807, 2.05) is 40.6 Å². The zero-order valence-corrected chi connectivity index (χ0v) is 20.4. The molecule has 0 spiro atoms. The van der Waals surface area contributed by atoms with E-state index in [0.717, 1.165) is 16.4 Å². The maximum atomic E-state index is 13.7. The summed E-state index contributed by atoms with van der Waals surface area (Å²) in [6.45, 7) is 0.391. The number of aryl methyl sites for hydroxylation is 2. The molecule has 0 saturated heterocycles. The normalized spacial score (nSPS) is 13.4. The van der Waals surface area contributed by atoms with Gasteiger partial charge in [0.05, 0.1) is 50.6 Å². The van der Waals surface area contributed by atoms with Crippen LogP contribution in [0.4, 0.5) is 5.69 Å². The van der Waals surface area contributed by atoms with Gasteiger partial charge in [0, 0.05) is 60.0 Å². The molecule has 36 heavy (non-hydrogen) atoms. The summed E-state index contributed by atoms with van der Waals surface area (Å²) in [7, 11) is 6.54. The Labute approximate surface area is 207 Å². The average molecular weight is 485 g/mol. The van der Waals surface area contributed by atoms with E-state index in [9.17, 15) is 9.59 Å². The standard InChI is InChI=1S/C27H24N4O5/c1-29-14-20(17-10-16(34-2)6-7-21(17)29)18-12-26(32)31(27(18)33)23-15-30(9-5-8-28)22-13-25(36-4)24(35-3)11-19(22)23/h6-7,10-15H,5,9H2,1-4H3. The molecule has 0 fully saturated rings. The third kappa shape index (κ3) is 3.46. The highest BCUT2D eigenvalue weighted by Gasteiger charge is 2.36. The van der Waals surface area contributed by atoms with Crippen molar-refractivity contribution in [1.82, 2.24) is 9.13 Å². The van der Waals surface area contributed by atoms with E-state index < -0.39 is 11.8 Å². The van der Waals surface area contributed by atoms with Crippen LogP contribution in [0, 0.1) is 11.3 Å². The van der Waals surface area contributed by atoms with Crippen molar-refractivity contribution in [3.8, 4) is 23.3 Å². The summed E-state index contributed by atoms with van der Waals surface area (Å²) >= 11 is 0. The molecule has 9 heteroatoms. The lowest BCUT2D eigenvalue weighted by atomic mass is 10.0. The van der Waals surface area contributed by atoms with Crippen LogP contribution in [-0.4, -0.2) is 42.3 Å². The van der Waals surface area contributed by atoms with Crippen LogP contribution >= 0.6 is 0 Å². The molecule has 0 saturated carbocycles. The number of benzene rings is 2. The molecule has 9 nitrogen and oxygen atoms in total. The Balaban J connectivity index is 1.64. The highest BCUT2D eigenvalue weighted by atomic mass is 16.5. The number of methoxy groups -OCH3 is 3. The van der Waals surface area contributed by atoms with E-state index in [4.69, 9.17) is 19.5 Å².